The van der Waals surface area contributed by atoms with Gasteiger partial charge in [0.15, 0.2) is 11.2 Å². The molecular formula is C17H17ClN6O4S. The molecule has 152 valence electrons. The first-order valence-electron chi connectivity index (χ1n) is 8.77. The minimum Gasteiger partial charge on any atom is -0.335 e. The lowest BCUT2D eigenvalue weighted by Crippen LogP contribution is -2.50. The highest BCUT2D eigenvalue weighted by atomic mass is 35.5. The second-order valence-corrected chi connectivity index (χ2v) is 9.03. The fourth-order valence-electron chi connectivity index (χ4n) is 3.25. The van der Waals surface area contributed by atoms with Crippen LogP contribution in [0.25, 0.3) is 5.52 Å². The molecule has 0 bridgehead atoms. The van der Waals surface area contributed by atoms with Crippen molar-refractivity contribution in [2.24, 2.45) is 0 Å². The van der Waals surface area contributed by atoms with Gasteiger partial charge in [-0.2, -0.15) is 4.31 Å². The number of fused-ring (bicyclic) bond motifs is 1. The Kier molecular flexibility index (Phi) is 4.89. The number of aromatic amines is 1. The van der Waals surface area contributed by atoms with Crippen LogP contribution in [0.15, 0.2) is 40.2 Å². The molecule has 1 saturated heterocycles. The highest BCUT2D eigenvalue weighted by Gasteiger charge is 2.32. The molecule has 1 aliphatic rings. The molecule has 0 spiro atoms. The zero-order valence-electron chi connectivity index (χ0n) is 15.4. The van der Waals surface area contributed by atoms with Gasteiger partial charge in [-0.15, -0.1) is 5.10 Å². The number of aromatic nitrogens is 4. The number of hydrogen-bond acceptors (Lipinski definition) is 6. The number of rotatable bonds is 3. The van der Waals surface area contributed by atoms with Gasteiger partial charge in [-0.05, 0) is 25.1 Å². The number of halogens is 1. The van der Waals surface area contributed by atoms with Gasteiger partial charge in [-0.1, -0.05) is 22.9 Å². The van der Waals surface area contributed by atoms with Gasteiger partial charge < -0.3 is 9.88 Å². The SMILES string of the molecule is Cc1cn2nnc(C(=O)N3CCN(S(=O)(=O)c4cccc(Cl)c4)CC3)c2c(=O)[nH]1. The number of benzene rings is 1. The average molecular weight is 437 g/mol. The van der Waals surface area contributed by atoms with Crippen molar-refractivity contribution in [2.45, 2.75) is 11.8 Å². The Labute approximate surface area is 170 Å². The quantitative estimate of drug-likeness (QED) is 0.639. The lowest BCUT2D eigenvalue weighted by Gasteiger charge is -2.33. The van der Waals surface area contributed by atoms with E-state index in [4.69, 9.17) is 11.6 Å². The number of carbonyl (C=O) groups is 1. The first-order valence-corrected chi connectivity index (χ1v) is 10.6. The van der Waals surface area contributed by atoms with Crippen LogP contribution in [-0.4, -0.2) is 69.5 Å². The summed E-state index contributed by atoms with van der Waals surface area (Å²) in [5.74, 6) is -0.464. The summed E-state index contributed by atoms with van der Waals surface area (Å²) >= 11 is 5.90. The van der Waals surface area contributed by atoms with Crippen LogP contribution in [0.3, 0.4) is 0 Å². The van der Waals surface area contributed by atoms with Crippen molar-refractivity contribution in [1.29, 1.82) is 0 Å². The van der Waals surface area contributed by atoms with Crippen molar-refractivity contribution in [1.82, 2.24) is 29.0 Å². The Bertz CT molecular complexity index is 1260. The molecule has 0 saturated carbocycles. The number of nitrogens with zero attached hydrogens (tertiary/aromatic N) is 5. The Morgan fingerprint density at radius 2 is 1.93 bits per heavy atom. The van der Waals surface area contributed by atoms with Gasteiger partial charge >= 0.3 is 0 Å². The van der Waals surface area contributed by atoms with Crippen molar-refractivity contribution in [3.8, 4) is 0 Å². The van der Waals surface area contributed by atoms with Crippen LogP contribution in [0.4, 0.5) is 0 Å². The maximum atomic E-state index is 12.9. The van der Waals surface area contributed by atoms with E-state index in [1.807, 2.05) is 0 Å². The van der Waals surface area contributed by atoms with E-state index in [0.717, 1.165) is 0 Å². The van der Waals surface area contributed by atoms with Crippen LogP contribution in [0.5, 0.6) is 0 Å². The van der Waals surface area contributed by atoms with Crippen molar-refractivity contribution in [3.63, 3.8) is 0 Å². The normalized spacial score (nSPS) is 15.7. The van der Waals surface area contributed by atoms with E-state index in [-0.39, 0.29) is 42.3 Å². The smallest absolute Gasteiger partial charge is 0.277 e. The zero-order chi connectivity index (χ0) is 20.8. The lowest BCUT2D eigenvalue weighted by atomic mass is 10.3. The van der Waals surface area contributed by atoms with Crippen LogP contribution >= 0.6 is 11.6 Å². The topological polar surface area (TPSA) is 121 Å². The van der Waals surface area contributed by atoms with Crippen molar-refractivity contribution >= 4 is 33.0 Å². The lowest BCUT2D eigenvalue weighted by molar-refractivity contribution is 0.0693. The number of H-pyrrole nitrogens is 1. The molecule has 0 radical (unpaired) electrons. The molecule has 0 aliphatic carbocycles. The predicted octanol–water partition coefficient (Wildman–Crippen LogP) is 0.526. The van der Waals surface area contributed by atoms with Gasteiger partial charge in [0, 0.05) is 36.9 Å². The largest absolute Gasteiger partial charge is 0.335 e. The second-order valence-electron chi connectivity index (χ2n) is 6.65. The molecule has 1 aliphatic heterocycles. The number of piperazine rings is 1. The summed E-state index contributed by atoms with van der Waals surface area (Å²) < 4.78 is 28.2. The number of carbonyl (C=O) groups excluding carboxylic acids is 1. The van der Waals surface area contributed by atoms with Gasteiger partial charge in [0.25, 0.3) is 11.5 Å². The molecule has 2 aromatic heterocycles. The van der Waals surface area contributed by atoms with Crippen LogP contribution in [0, 0.1) is 6.92 Å². The number of nitrogens with one attached hydrogen (secondary N) is 1. The number of sulfonamides is 1. The molecule has 1 aromatic carbocycles. The molecule has 1 fully saturated rings. The summed E-state index contributed by atoms with van der Waals surface area (Å²) in [6.45, 7) is 2.27. The van der Waals surface area contributed by atoms with Crippen LogP contribution in [0.1, 0.15) is 16.2 Å². The van der Waals surface area contributed by atoms with E-state index < -0.39 is 21.5 Å². The van der Waals surface area contributed by atoms with E-state index in [1.165, 1.54) is 25.9 Å². The molecule has 0 atom stereocenters. The monoisotopic (exact) mass is 436 g/mol. The highest BCUT2D eigenvalue weighted by Crippen LogP contribution is 2.21. The standard InChI is InChI=1S/C17H17ClN6O4S/c1-11-10-24-15(16(25)19-11)14(20-21-24)17(26)22-5-7-23(8-6-22)29(27,28)13-4-2-3-12(18)9-13/h2-4,9-10H,5-8H2,1H3,(H,19,25). The van der Waals surface area contributed by atoms with Crippen LogP contribution in [-0.2, 0) is 10.0 Å². The molecule has 12 heteroatoms. The molecule has 29 heavy (non-hydrogen) atoms. The van der Waals surface area contributed by atoms with Gasteiger partial charge in [-0.25, -0.2) is 12.9 Å². The van der Waals surface area contributed by atoms with Gasteiger partial charge in [0.2, 0.25) is 10.0 Å². The summed E-state index contributed by atoms with van der Waals surface area (Å²) in [6, 6.07) is 6.05. The Morgan fingerprint density at radius 1 is 1.21 bits per heavy atom. The van der Waals surface area contributed by atoms with Crippen molar-refractivity contribution in [2.75, 3.05) is 26.2 Å². The third-order valence-electron chi connectivity index (χ3n) is 4.70. The number of amides is 1. The summed E-state index contributed by atoms with van der Waals surface area (Å²) in [6.07, 6.45) is 1.57. The first-order chi connectivity index (χ1) is 13.8. The predicted molar refractivity (Wildman–Crippen MR) is 104 cm³/mol. The van der Waals surface area contributed by atoms with Gasteiger partial charge in [0.05, 0.1) is 11.1 Å². The molecule has 4 rings (SSSR count). The molecule has 3 aromatic rings. The van der Waals surface area contributed by atoms with Crippen LogP contribution in [0.2, 0.25) is 5.02 Å². The van der Waals surface area contributed by atoms with E-state index in [9.17, 15) is 18.0 Å². The van der Waals surface area contributed by atoms with E-state index >= 15 is 0 Å². The Morgan fingerprint density at radius 3 is 2.62 bits per heavy atom. The third-order valence-corrected chi connectivity index (χ3v) is 6.83. The van der Waals surface area contributed by atoms with E-state index in [2.05, 4.69) is 15.3 Å². The summed E-state index contributed by atoms with van der Waals surface area (Å²) in [5.41, 5.74) is 0.138. The van der Waals surface area contributed by atoms with E-state index in [1.54, 1.807) is 25.3 Å². The number of hydrogen-bond donors (Lipinski definition) is 1. The average Bonchev–Trinajstić information content (AvgIpc) is 3.11. The summed E-state index contributed by atoms with van der Waals surface area (Å²) in [7, 11) is -3.71. The molecule has 1 amide bonds. The first kappa shape index (κ1) is 19.6. The third kappa shape index (κ3) is 3.52. The second kappa shape index (κ2) is 7.25. The maximum Gasteiger partial charge on any atom is 0.277 e. The molecule has 0 unspecified atom stereocenters. The minimum atomic E-state index is -3.71. The fourth-order valence-corrected chi connectivity index (χ4v) is 4.97. The van der Waals surface area contributed by atoms with Crippen LogP contribution < -0.4 is 5.56 Å². The maximum absolute atomic E-state index is 12.9. The number of aryl methyl sites for hydroxylation is 1. The Balaban J connectivity index is 1.53. The van der Waals surface area contributed by atoms with E-state index in [0.29, 0.717) is 10.7 Å². The highest BCUT2D eigenvalue weighted by molar-refractivity contribution is 7.89. The molecular weight excluding hydrogens is 420 g/mol. The van der Waals surface area contributed by atoms with Gasteiger partial charge in [-0.3, -0.25) is 9.59 Å². The summed E-state index contributed by atoms with van der Waals surface area (Å²) in [4.78, 5) is 29.3. The minimum absolute atomic E-state index is 0.0580. The van der Waals surface area contributed by atoms with Crippen molar-refractivity contribution < 1.29 is 13.2 Å². The summed E-state index contributed by atoms with van der Waals surface area (Å²) in [5, 5.41) is 8.02. The molecule has 3 heterocycles. The fraction of sp³-hybridized carbons (Fsp3) is 0.294. The van der Waals surface area contributed by atoms with Crippen molar-refractivity contribution in [3.05, 3.63) is 57.2 Å². The molecule has 1 N–H and O–H groups in total. The molecule has 10 nitrogen and oxygen atoms in total. The Hall–Kier alpha value is -2.76. The zero-order valence-corrected chi connectivity index (χ0v) is 16.9. The van der Waals surface area contributed by atoms with Gasteiger partial charge in [0.1, 0.15) is 0 Å².